The minimum absolute atomic E-state index is 0.968. The molecule has 0 aromatic carbocycles. The fourth-order valence-corrected chi connectivity index (χ4v) is 1.91. The van der Waals surface area contributed by atoms with Crippen LogP contribution in [0.5, 0.6) is 0 Å². The summed E-state index contributed by atoms with van der Waals surface area (Å²) < 4.78 is 0. The van der Waals surface area contributed by atoms with Gasteiger partial charge in [-0.3, -0.25) is 4.99 Å². The number of hydrogen-bond acceptors (Lipinski definition) is 4. The second-order valence-corrected chi connectivity index (χ2v) is 3.69. The molecule has 2 aliphatic heterocycles. The van der Waals surface area contributed by atoms with Crippen LogP contribution in [-0.2, 0) is 0 Å². The first kappa shape index (κ1) is 8.81. The van der Waals surface area contributed by atoms with Crippen molar-refractivity contribution in [3.05, 3.63) is 0 Å². The van der Waals surface area contributed by atoms with Crippen molar-refractivity contribution < 1.29 is 0 Å². The quantitative estimate of drug-likeness (QED) is 0.552. The number of hydrogen-bond donors (Lipinski definition) is 1. The number of aliphatic imine (C=N–C) groups is 1. The van der Waals surface area contributed by atoms with E-state index >= 15 is 0 Å². The van der Waals surface area contributed by atoms with Gasteiger partial charge in [-0.1, -0.05) is 0 Å². The highest BCUT2D eigenvalue weighted by molar-refractivity contribution is 5.81. The van der Waals surface area contributed by atoms with Crippen LogP contribution in [0.25, 0.3) is 0 Å². The van der Waals surface area contributed by atoms with Gasteiger partial charge in [0.15, 0.2) is 5.96 Å². The molecular formula is C9H18N4. The number of nitrogens with zero attached hydrogens (tertiary/aromatic N) is 3. The summed E-state index contributed by atoms with van der Waals surface area (Å²) >= 11 is 0. The van der Waals surface area contributed by atoms with Crippen LogP contribution in [0.15, 0.2) is 4.99 Å². The topological polar surface area (TPSA) is 30.9 Å². The van der Waals surface area contributed by atoms with Gasteiger partial charge < -0.3 is 15.1 Å². The van der Waals surface area contributed by atoms with Gasteiger partial charge in [0.05, 0.1) is 6.54 Å². The highest BCUT2D eigenvalue weighted by Crippen LogP contribution is 2.05. The monoisotopic (exact) mass is 182 g/mol. The Morgan fingerprint density at radius 2 is 2.15 bits per heavy atom. The van der Waals surface area contributed by atoms with Crippen molar-refractivity contribution in [2.24, 2.45) is 4.99 Å². The highest BCUT2D eigenvalue weighted by Gasteiger charge is 2.19. The molecule has 0 aromatic rings. The molecule has 1 N–H and O–H groups in total. The maximum Gasteiger partial charge on any atom is 0.196 e. The SMILES string of the molecule is CN1CCN=C1N1CCCNCC1. The minimum atomic E-state index is 0.968. The number of likely N-dealkylation sites (N-methyl/N-ethyl adjacent to an activating group) is 1. The van der Waals surface area contributed by atoms with Crippen LogP contribution in [-0.4, -0.2) is 62.1 Å². The maximum absolute atomic E-state index is 4.52. The highest BCUT2D eigenvalue weighted by atomic mass is 15.4. The Hall–Kier alpha value is -0.770. The van der Waals surface area contributed by atoms with Crippen molar-refractivity contribution in [3.63, 3.8) is 0 Å². The van der Waals surface area contributed by atoms with Gasteiger partial charge in [0.1, 0.15) is 0 Å². The number of rotatable bonds is 0. The van der Waals surface area contributed by atoms with Gasteiger partial charge in [0, 0.05) is 33.2 Å². The van der Waals surface area contributed by atoms with Crippen molar-refractivity contribution in [1.29, 1.82) is 0 Å². The predicted molar refractivity (Wildman–Crippen MR) is 54.0 cm³/mol. The molecular weight excluding hydrogens is 164 g/mol. The van der Waals surface area contributed by atoms with E-state index in [0.717, 1.165) is 39.3 Å². The molecule has 2 heterocycles. The third kappa shape index (κ3) is 1.94. The lowest BCUT2D eigenvalue weighted by atomic mass is 10.4. The van der Waals surface area contributed by atoms with E-state index in [0.29, 0.717) is 0 Å². The molecule has 0 spiro atoms. The van der Waals surface area contributed by atoms with Gasteiger partial charge >= 0.3 is 0 Å². The summed E-state index contributed by atoms with van der Waals surface area (Å²) in [6.45, 7) is 6.54. The summed E-state index contributed by atoms with van der Waals surface area (Å²) in [5, 5.41) is 3.40. The van der Waals surface area contributed by atoms with E-state index in [-0.39, 0.29) is 0 Å². The lowest BCUT2D eigenvalue weighted by Gasteiger charge is -2.26. The Kier molecular flexibility index (Phi) is 2.68. The predicted octanol–water partition coefficient (Wildman–Crippen LogP) is -0.417. The van der Waals surface area contributed by atoms with Crippen LogP contribution in [0.2, 0.25) is 0 Å². The second kappa shape index (κ2) is 3.96. The standard InChI is InChI=1S/C9H18N4/c1-12-7-5-11-9(12)13-6-2-3-10-4-8-13/h10H,2-8H2,1H3. The summed E-state index contributed by atoms with van der Waals surface area (Å²) in [6, 6.07) is 0. The smallest absolute Gasteiger partial charge is 0.196 e. The largest absolute Gasteiger partial charge is 0.344 e. The first-order chi connectivity index (χ1) is 6.38. The molecule has 0 unspecified atom stereocenters. The summed E-state index contributed by atoms with van der Waals surface area (Å²) in [4.78, 5) is 9.17. The molecule has 1 fully saturated rings. The normalized spacial score (nSPS) is 24.5. The van der Waals surface area contributed by atoms with Crippen molar-refractivity contribution in [1.82, 2.24) is 15.1 Å². The average molecular weight is 182 g/mol. The lowest BCUT2D eigenvalue weighted by Crippen LogP contribution is -2.41. The fraction of sp³-hybridized carbons (Fsp3) is 0.889. The summed E-state index contributed by atoms with van der Waals surface area (Å²) in [7, 11) is 2.13. The molecule has 0 aliphatic carbocycles. The Balaban J connectivity index is 1.97. The van der Waals surface area contributed by atoms with Crippen molar-refractivity contribution >= 4 is 5.96 Å². The van der Waals surface area contributed by atoms with Crippen LogP contribution in [0, 0.1) is 0 Å². The summed E-state index contributed by atoms with van der Waals surface area (Å²) in [5.41, 5.74) is 0. The van der Waals surface area contributed by atoms with E-state index in [2.05, 4.69) is 27.2 Å². The number of guanidine groups is 1. The van der Waals surface area contributed by atoms with Gasteiger partial charge in [0.2, 0.25) is 0 Å². The first-order valence-corrected chi connectivity index (χ1v) is 5.09. The van der Waals surface area contributed by atoms with E-state index in [1.165, 1.54) is 12.4 Å². The molecule has 0 atom stereocenters. The van der Waals surface area contributed by atoms with E-state index in [9.17, 15) is 0 Å². The van der Waals surface area contributed by atoms with Gasteiger partial charge in [-0.05, 0) is 13.0 Å². The van der Waals surface area contributed by atoms with Gasteiger partial charge in [-0.25, -0.2) is 0 Å². The Morgan fingerprint density at radius 3 is 2.92 bits per heavy atom. The van der Waals surface area contributed by atoms with Crippen LogP contribution < -0.4 is 5.32 Å². The van der Waals surface area contributed by atoms with Crippen LogP contribution in [0.1, 0.15) is 6.42 Å². The summed E-state index contributed by atoms with van der Waals surface area (Å²) in [5.74, 6) is 1.20. The zero-order valence-corrected chi connectivity index (χ0v) is 8.29. The van der Waals surface area contributed by atoms with Gasteiger partial charge in [-0.15, -0.1) is 0 Å². The Labute approximate surface area is 79.6 Å². The lowest BCUT2D eigenvalue weighted by molar-refractivity contribution is 0.382. The van der Waals surface area contributed by atoms with Crippen molar-refractivity contribution in [3.8, 4) is 0 Å². The molecule has 74 valence electrons. The minimum Gasteiger partial charge on any atom is -0.344 e. The molecule has 2 aliphatic rings. The molecule has 2 rings (SSSR count). The number of nitrogens with one attached hydrogen (secondary N) is 1. The molecule has 0 bridgehead atoms. The zero-order valence-electron chi connectivity index (χ0n) is 8.29. The van der Waals surface area contributed by atoms with Gasteiger partial charge in [-0.2, -0.15) is 0 Å². The van der Waals surface area contributed by atoms with E-state index in [4.69, 9.17) is 0 Å². The fourth-order valence-electron chi connectivity index (χ4n) is 1.91. The molecule has 0 amide bonds. The molecule has 13 heavy (non-hydrogen) atoms. The van der Waals surface area contributed by atoms with Crippen LogP contribution >= 0.6 is 0 Å². The summed E-state index contributed by atoms with van der Waals surface area (Å²) in [6.07, 6.45) is 1.23. The van der Waals surface area contributed by atoms with Crippen molar-refractivity contribution in [2.75, 3.05) is 46.3 Å². The second-order valence-electron chi connectivity index (χ2n) is 3.69. The van der Waals surface area contributed by atoms with Gasteiger partial charge in [0.25, 0.3) is 0 Å². The molecule has 0 aromatic heterocycles. The molecule has 4 nitrogen and oxygen atoms in total. The molecule has 0 radical (unpaired) electrons. The van der Waals surface area contributed by atoms with Crippen molar-refractivity contribution in [2.45, 2.75) is 6.42 Å². The Morgan fingerprint density at radius 1 is 1.23 bits per heavy atom. The van der Waals surface area contributed by atoms with Crippen LogP contribution in [0.4, 0.5) is 0 Å². The first-order valence-electron chi connectivity index (χ1n) is 5.09. The molecule has 0 saturated carbocycles. The third-order valence-corrected chi connectivity index (χ3v) is 2.65. The molecule has 1 saturated heterocycles. The third-order valence-electron chi connectivity index (χ3n) is 2.65. The van der Waals surface area contributed by atoms with E-state index in [1.54, 1.807) is 0 Å². The molecule has 4 heteroatoms. The van der Waals surface area contributed by atoms with E-state index in [1.807, 2.05) is 0 Å². The van der Waals surface area contributed by atoms with E-state index < -0.39 is 0 Å². The zero-order chi connectivity index (χ0) is 9.10. The maximum atomic E-state index is 4.52. The van der Waals surface area contributed by atoms with Crippen LogP contribution in [0.3, 0.4) is 0 Å². The Bertz CT molecular complexity index is 194. The average Bonchev–Trinajstić information content (AvgIpc) is 2.43.